The highest BCUT2D eigenvalue weighted by Gasteiger charge is 2.11. The Bertz CT molecular complexity index is 225. The van der Waals surface area contributed by atoms with Crippen LogP contribution in [0.4, 0.5) is 9.52 Å². The van der Waals surface area contributed by atoms with Crippen LogP contribution in [0.3, 0.4) is 0 Å². The lowest BCUT2D eigenvalue weighted by molar-refractivity contribution is 0.333. The van der Waals surface area contributed by atoms with Crippen LogP contribution in [0, 0.1) is 0 Å². The second-order valence-electron chi connectivity index (χ2n) is 2.15. The second-order valence-corrected chi connectivity index (χ2v) is 3.24. The molecule has 0 bridgehead atoms. The van der Waals surface area contributed by atoms with Crippen molar-refractivity contribution in [3.63, 3.8) is 0 Å². The molecule has 0 aliphatic rings. The minimum atomic E-state index is -1.00. The summed E-state index contributed by atoms with van der Waals surface area (Å²) in [5.41, 5.74) is 10.5. The molecule has 0 amide bonds. The molecule has 0 saturated carbocycles. The van der Waals surface area contributed by atoms with Gasteiger partial charge in [-0.2, -0.15) is 0 Å². The molecule has 1 atom stereocenters. The molecule has 0 fully saturated rings. The Balaban J connectivity index is 2.60. The molecule has 62 valence electrons. The number of hydrogen-bond acceptors (Lipinski definition) is 4. The molecular formula is C6H10FN3S. The van der Waals surface area contributed by atoms with Gasteiger partial charge in [0.1, 0.15) is 6.17 Å². The molecule has 0 aromatic carbocycles. The molecule has 11 heavy (non-hydrogen) atoms. The fraction of sp³-hybridized carbons (Fsp3) is 0.500. The summed E-state index contributed by atoms with van der Waals surface area (Å²) >= 11 is 1.17. The van der Waals surface area contributed by atoms with E-state index in [4.69, 9.17) is 11.5 Å². The van der Waals surface area contributed by atoms with Crippen LogP contribution in [0.1, 0.15) is 17.5 Å². The van der Waals surface area contributed by atoms with E-state index in [-0.39, 0.29) is 0 Å². The molecule has 3 nitrogen and oxygen atoms in total. The van der Waals surface area contributed by atoms with Gasteiger partial charge in [0.25, 0.3) is 0 Å². The third-order valence-electron chi connectivity index (χ3n) is 1.27. The van der Waals surface area contributed by atoms with Crippen molar-refractivity contribution in [2.24, 2.45) is 5.73 Å². The van der Waals surface area contributed by atoms with Crippen molar-refractivity contribution in [1.29, 1.82) is 0 Å². The van der Waals surface area contributed by atoms with Crippen molar-refractivity contribution in [3.05, 3.63) is 11.1 Å². The van der Waals surface area contributed by atoms with E-state index in [1.807, 2.05) is 0 Å². The van der Waals surface area contributed by atoms with Crippen molar-refractivity contribution < 1.29 is 4.39 Å². The zero-order valence-corrected chi connectivity index (χ0v) is 6.77. The van der Waals surface area contributed by atoms with E-state index in [1.54, 1.807) is 0 Å². The third-order valence-corrected chi connectivity index (χ3v) is 2.18. The van der Waals surface area contributed by atoms with Gasteiger partial charge in [0.15, 0.2) is 5.13 Å². The summed E-state index contributed by atoms with van der Waals surface area (Å²) in [6, 6.07) is 0. The first-order valence-electron chi connectivity index (χ1n) is 3.29. The van der Waals surface area contributed by atoms with Gasteiger partial charge in [-0.3, -0.25) is 0 Å². The van der Waals surface area contributed by atoms with Gasteiger partial charge in [0, 0.05) is 6.20 Å². The average molecular weight is 175 g/mol. The Morgan fingerprint density at radius 1 is 1.73 bits per heavy atom. The Hall–Kier alpha value is -0.680. The van der Waals surface area contributed by atoms with E-state index < -0.39 is 6.17 Å². The zero-order chi connectivity index (χ0) is 8.27. The molecule has 1 heterocycles. The van der Waals surface area contributed by atoms with Crippen molar-refractivity contribution in [2.75, 3.05) is 12.3 Å². The predicted molar refractivity (Wildman–Crippen MR) is 44.0 cm³/mol. The minimum Gasteiger partial charge on any atom is -0.375 e. The monoisotopic (exact) mass is 175 g/mol. The highest BCUT2D eigenvalue weighted by molar-refractivity contribution is 7.15. The largest absolute Gasteiger partial charge is 0.375 e. The highest BCUT2D eigenvalue weighted by Crippen LogP contribution is 2.26. The summed E-state index contributed by atoms with van der Waals surface area (Å²) in [6.07, 6.45) is 0.789. The number of thiazole rings is 1. The Kier molecular flexibility index (Phi) is 2.78. The van der Waals surface area contributed by atoms with Crippen LogP contribution in [-0.2, 0) is 0 Å². The van der Waals surface area contributed by atoms with Crippen LogP contribution in [0.2, 0.25) is 0 Å². The Morgan fingerprint density at radius 2 is 2.45 bits per heavy atom. The van der Waals surface area contributed by atoms with Crippen LogP contribution in [0.5, 0.6) is 0 Å². The summed E-state index contributed by atoms with van der Waals surface area (Å²) in [6.45, 7) is 0.346. The van der Waals surface area contributed by atoms with Gasteiger partial charge in [-0.05, 0) is 13.0 Å². The zero-order valence-electron chi connectivity index (χ0n) is 5.96. The normalized spacial score (nSPS) is 13.3. The SMILES string of the molecule is NCCC(F)c1cnc(N)s1. The fourth-order valence-corrected chi connectivity index (χ4v) is 1.43. The Morgan fingerprint density at radius 3 is 2.91 bits per heavy atom. The molecule has 0 radical (unpaired) electrons. The second kappa shape index (κ2) is 3.64. The van der Waals surface area contributed by atoms with Gasteiger partial charge in [-0.1, -0.05) is 11.3 Å². The lowest BCUT2D eigenvalue weighted by Crippen LogP contribution is -2.02. The first-order chi connectivity index (χ1) is 5.24. The first kappa shape index (κ1) is 8.42. The van der Waals surface area contributed by atoms with E-state index in [2.05, 4.69) is 4.98 Å². The number of aromatic nitrogens is 1. The quantitative estimate of drug-likeness (QED) is 0.722. The molecule has 1 rings (SSSR count). The molecule has 1 aromatic rings. The van der Waals surface area contributed by atoms with Crippen LogP contribution < -0.4 is 11.5 Å². The van der Waals surface area contributed by atoms with Crippen LogP contribution >= 0.6 is 11.3 Å². The van der Waals surface area contributed by atoms with Crippen LogP contribution in [0.25, 0.3) is 0 Å². The van der Waals surface area contributed by atoms with Crippen molar-refractivity contribution in [3.8, 4) is 0 Å². The smallest absolute Gasteiger partial charge is 0.180 e. The fourth-order valence-electron chi connectivity index (χ4n) is 0.734. The lowest BCUT2D eigenvalue weighted by atomic mass is 10.2. The molecule has 1 aromatic heterocycles. The van der Waals surface area contributed by atoms with Crippen LogP contribution in [0.15, 0.2) is 6.20 Å². The summed E-state index contributed by atoms with van der Waals surface area (Å²) in [5.74, 6) is 0. The van der Waals surface area contributed by atoms with Crippen molar-refractivity contribution in [2.45, 2.75) is 12.6 Å². The predicted octanol–water partition coefficient (Wildman–Crippen LogP) is 1.08. The van der Waals surface area contributed by atoms with Gasteiger partial charge in [-0.15, -0.1) is 0 Å². The van der Waals surface area contributed by atoms with E-state index in [1.165, 1.54) is 17.5 Å². The number of anilines is 1. The van der Waals surface area contributed by atoms with E-state index in [0.29, 0.717) is 23.0 Å². The molecule has 1 unspecified atom stereocenters. The number of halogens is 1. The van der Waals surface area contributed by atoms with E-state index in [9.17, 15) is 4.39 Å². The van der Waals surface area contributed by atoms with Gasteiger partial charge in [0.05, 0.1) is 4.88 Å². The van der Waals surface area contributed by atoms with Crippen molar-refractivity contribution >= 4 is 16.5 Å². The number of hydrogen-bond donors (Lipinski definition) is 2. The minimum absolute atomic E-state index is 0.335. The number of nitrogens with two attached hydrogens (primary N) is 2. The molecule has 0 aliphatic heterocycles. The molecule has 5 heteroatoms. The number of nitrogen functional groups attached to an aromatic ring is 1. The van der Waals surface area contributed by atoms with Gasteiger partial charge >= 0.3 is 0 Å². The van der Waals surface area contributed by atoms with Gasteiger partial charge in [0.2, 0.25) is 0 Å². The van der Waals surface area contributed by atoms with Crippen molar-refractivity contribution in [1.82, 2.24) is 4.98 Å². The summed E-state index contributed by atoms with van der Waals surface area (Å²) < 4.78 is 13.0. The summed E-state index contributed by atoms with van der Waals surface area (Å²) in [7, 11) is 0. The number of alkyl halides is 1. The standard InChI is InChI=1S/C6H10FN3S/c7-4(1-2-8)5-3-10-6(9)11-5/h3-4H,1-2,8H2,(H2,9,10). The van der Waals surface area contributed by atoms with E-state index in [0.717, 1.165) is 0 Å². The molecule has 4 N–H and O–H groups in total. The Labute approximate surface area is 68.2 Å². The number of rotatable bonds is 3. The summed E-state index contributed by atoms with van der Waals surface area (Å²) in [4.78, 5) is 4.30. The average Bonchev–Trinajstić information content (AvgIpc) is 2.36. The maximum atomic E-state index is 13.0. The van der Waals surface area contributed by atoms with Crippen LogP contribution in [-0.4, -0.2) is 11.5 Å². The maximum absolute atomic E-state index is 13.0. The molecule has 0 spiro atoms. The van der Waals surface area contributed by atoms with E-state index >= 15 is 0 Å². The molecule has 0 aliphatic carbocycles. The topological polar surface area (TPSA) is 64.9 Å². The van der Waals surface area contributed by atoms with Gasteiger partial charge < -0.3 is 11.5 Å². The number of nitrogens with zero attached hydrogens (tertiary/aromatic N) is 1. The lowest BCUT2D eigenvalue weighted by Gasteiger charge is -2.00. The first-order valence-corrected chi connectivity index (χ1v) is 4.11. The highest BCUT2D eigenvalue weighted by atomic mass is 32.1. The third kappa shape index (κ3) is 2.13. The molecular weight excluding hydrogens is 165 g/mol. The summed E-state index contributed by atoms with van der Waals surface area (Å²) in [5, 5.41) is 0.402. The van der Waals surface area contributed by atoms with Gasteiger partial charge in [-0.25, -0.2) is 9.37 Å². The maximum Gasteiger partial charge on any atom is 0.180 e. The molecule has 0 saturated heterocycles.